The molecule has 8 heteroatoms. The predicted molar refractivity (Wildman–Crippen MR) is 119 cm³/mol. The standard InChI is InChI=1S/C23H24N4O4/c1-2-11-24-22(29)16-6-3-8-18(13-16)26-21(28)15-25-17-7-4-9-19(14-17)27-23(30)20-10-5-12-31-20/h3-10,12-14,25H,2,11,15H2,1H3,(H,24,29)(H,26,28)(H,27,30). The zero-order chi connectivity index (χ0) is 22.1. The third kappa shape index (κ3) is 6.46. The van der Waals surface area contributed by atoms with E-state index >= 15 is 0 Å². The fourth-order valence-corrected chi connectivity index (χ4v) is 2.77. The summed E-state index contributed by atoms with van der Waals surface area (Å²) in [6, 6.07) is 17.0. The minimum Gasteiger partial charge on any atom is -0.459 e. The zero-order valence-corrected chi connectivity index (χ0v) is 17.1. The van der Waals surface area contributed by atoms with Gasteiger partial charge < -0.3 is 25.7 Å². The van der Waals surface area contributed by atoms with Crippen molar-refractivity contribution in [3.05, 3.63) is 78.3 Å². The second kappa shape index (κ2) is 10.6. The molecule has 0 atom stereocenters. The molecule has 3 amide bonds. The average molecular weight is 420 g/mol. The van der Waals surface area contributed by atoms with Crippen LogP contribution in [0.5, 0.6) is 0 Å². The molecular formula is C23H24N4O4. The van der Waals surface area contributed by atoms with Crippen LogP contribution in [-0.2, 0) is 4.79 Å². The molecule has 0 unspecified atom stereocenters. The zero-order valence-electron chi connectivity index (χ0n) is 17.1. The first-order valence-electron chi connectivity index (χ1n) is 9.92. The van der Waals surface area contributed by atoms with Crippen molar-refractivity contribution in [2.24, 2.45) is 0 Å². The minimum atomic E-state index is -0.359. The average Bonchev–Trinajstić information content (AvgIpc) is 3.32. The lowest BCUT2D eigenvalue weighted by atomic mass is 10.2. The lowest BCUT2D eigenvalue weighted by Gasteiger charge is -2.10. The van der Waals surface area contributed by atoms with Crippen LogP contribution >= 0.6 is 0 Å². The summed E-state index contributed by atoms with van der Waals surface area (Å²) in [6.45, 7) is 2.59. The molecule has 160 valence electrons. The summed E-state index contributed by atoms with van der Waals surface area (Å²) in [4.78, 5) is 36.4. The molecule has 3 rings (SSSR count). The molecule has 4 N–H and O–H groups in total. The molecule has 1 heterocycles. The van der Waals surface area contributed by atoms with Crippen LogP contribution in [-0.4, -0.2) is 30.8 Å². The van der Waals surface area contributed by atoms with Gasteiger partial charge in [0, 0.05) is 29.2 Å². The lowest BCUT2D eigenvalue weighted by molar-refractivity contribution is -0.114. The van der Waals surface area contributed by atoms with E-state index in [2.05, 4.69) is 21.3 Å². The van der Waals surface area contributed by atoms with Crippen LogP contribution < -0.4 is 21.3 Å². The predicted octanol–water partition coefficient (Wildman–Crippen LogP) is 3.72. The Kier molecular flexibility index (Phi) is 7.42. The first kappa shape index (κ1) is 21.6. The number of carbonyl (C=O) groups is 3. The Balaban J connectivity index is 1.53. The van der Waals surface area contributed by atoms with Crippen molar-refractivity contribution in [2.45, 2.75) is 13.3 Å². The molecule has 0 radical (unpaired) electrons. The fraction of sp³-hybridized carbons (Fsp3) is 0.174. The number of hydrogen-bond acceptors (Lipinski definition) is 5. The van der Waals surface area contributed by atoms with Crippen LogP contribution in [0.15, 0.2) is 71.3 Å². The van der Waals surface area contributed by atoms with Gasteiger partial charge in [-0.15, -0.1) is 0 Å². The number of nitrogens with one attached hydrogen (secondary N) is 4. The van der Waals surface area contributed by atoms with E-state index in [1.54, 1.807) is 60.7 Å². The summed E-state index contributed by atoms with van der Waals surface area (Å²) < 4.78 is 5.07. The van der Waals surface area contributed by atoms with E-state index < -0.39 is 0 Å². The van der Waals surface area contributed by atoms with Crippen LogP contribution in [0.3, 0.4) is 0 Å². The Hall–Kier alpha value is -4.07. The van der Waals surface area contributed by atoms with Crippen molar-refractivity contribution in [3.8, 4) is 0 Å². The van der Waals surface area contributed by atoms with Crippen LogP contribution in [0.25, 0.3) is 0 Å². The smallest absolute Gasteiger partial charge is 0.291 e. The highest BCUT2D eigenvalue weighted by molar-refractivity contribution is 6.02. The molecule has 3 aromatic rings. The van der Waals surface area contributed by atoms with Gasteiger partial charge in [-0.3, -0.25) is 14.4 Å². The molecule has 0 spiro atoms. The first-order valence-corrected chi connectivity index (χ1v) is 9.92. The number of amides is 3. The molecule has 0 fully saturated rings. The van der Waals surface area contributed by atoms with E-state index in [4.69, 9.17) is 4.42 Å². The second-order valence-corrected chi connectivity index (χ2v) is 6.75. The SMILES string of the molecule is CCCNC(=O)c1cccc(NC(=O)CNc2cccc(NC(=O)c3ccco3)c2)c1. The van der Waals surface area contributed by atoms with Crippen LogP contribution in [0, 0.1) is 0 Å². The highest BCUT2D eigenvalue weighted by atomic mass is 16.3. The number of benzene rings is 2. The quantitative estimate of drug-likeness (QED) is 0.421. The van der Waals surface area contributed by atoms with E-state index in [0.29, 0.717) is 29.2 Å². The largest absolute Gasteiger partial charge is 0.459 e. The van der Waals surface area contributed by atoms with Gasteiger partial charge in [0.2, 0.25) is 5.91 Å². The van der Waals surface area contributed by atoms with Crippen molar-refractivity contribution in [3.63, 3.8) is 0 Å². The summed E-state index contributed by atoms with van der Waals surface area (Å²) in [5, 5.41) is 11.3. The molecule has 8 nitrogen and oxygen atoms in total. The van der Waals surface area contributed by atoms with Gasteiger partial charge in [0.15, 0.2) is 5.76 Å². The molecule has 31 heavy (non-hydrogen) atoms. The highest BCUT2D eigenvalue weighted by Crippen LogP contribution is 2.16. The van der Waals surface area contributed by atoms with Crippen LogP contribution in [0.1, 0.15) is 34.3 Å². The topological polar surface area (TPSA) is 112 Å². The maximum absolute atomic E-state index is 12.3. The molecular weight excluding hydrogens is 396 g/mol. The van der Waals surface area contributed by atoms with Gasteiger partial charge in [-0.2, -0.15) is 0 Å². The molecule has 0 aliphatic rings. The molecule has 2 aromatic carbocycles. The maximum Gasteiger partial charge on any atom is 0.291 e. The summed E-state index contributed by atoms with van der Waals surface area (Å²) >= 11 is 0. The number of furan rings is 1. The van der Waals surface area contributed by atoms with Crippen LogP contribution in [0.2, 0.25) is 0 Å². The number of hydrogen-bond donors (Lipinski definition) is 4. The lowest BCUT2D eigenvalue weighted by Crippen LogP contribution is -2.25. The first-order chi connectivity index (χ1) is 15.0. The van der Waals surface area contributed by atoms with Gasteiger partial charge in [-0.05, 0) is 55.0 Å². The van der Waals surface area contributed by atoms with E-state index in [1.807, 2.05) is 6.92 Å². The van der Waals surface area contributed by atoms with E-state index in [1.165, 1.54) is 6.26 Å². The Morgan fingerprint density at radius 3 is 2.32 bits per heavy atom. The molecule has 0 aliphatic carbocycles. The van der Waals surface area contributed by atoms with Crippen molar-refractivity contribution in [1.29, 1.82) is 0 Å². The normalized spacial score (nSPS) is 10.2. The van der Waals surface area contributed by atoms with E-state index in [0.717, 1.165) is 6.42 Å². The number of carbonyl (C=O) groups excluding carboxylic acids is 3. The summed E-state index contributed by atoms with van der Waals surface area (Å²) in [6.07, 6.45) is 2.28. The summed E-state index contributed by atoms with van der Waals surface area (Å²) in [7, 11) is 0. The van der Waals surface area contributed by atoms with E-state index in [-0.39, 0.29) is 30.0 Å². The van der Waals surface area contributed by atoms with Crippen molar-refractivity contribution in [2.75, 3.05) is 29.0 Å². The van der Waals surface area contributed by atoms with Crippen molar-refractivity contribution < 1.29 is 18.8 Å². The minimum absolute atomic E-state index is 0.0157. The van der Waals surface area contributed by atoms with Crippen molar-refractivity contribution >= 4 is 34.8 Å². The monoisotopic (exact) mass is 420 g/mol. The molecule has 0 saturated heterocycles. The van der Waals surface area contributed by atoms with Gasteiger partial charge >= 0.3 is 0 Å². The Morgan fingerprint density at radius 2 is 1.58 bits per heavy atom. The molecule has 0 aliphatic heterocycles. The third-order valence-electron chi connectivity index (χ3n) is 4.26. The van der Waals surface area contributed by atoms with Gasteiger partial charge in [0.1, 0.15) is 0 Å². The van der Waals surface area contributed by atoms with Gasteiger partial charge in [-0.25, -0.2) is 0 Å². The van der Waals surface area contributed by atoms with Crippen LogP contribution in [0.4, 0.5) is 17.1 Å². The highest BCUT2D eigenvalue weighted by Gasteiger charge is 2.10. The Morgan fingerprint density at radius 1 is 0.839 bits per heavy atom. The number of rotatable bonds is 9. The Bertz CT molecular complexity index is 1050. The van der Waals surface area contributed by atoms with Gasteiger partial charge in [0.25, 0.3) is 11.8 Å². The molecule has 0 bridgehead atoms. The van der Waals surface area contributed by atoms with Gasteiger partial charge in [0.05, 0.1) is 12.8 Å². The molecule has 1 aromatic heterocycles. The van der Waals surface area contributed by atoms with E-state index in [9.17, 15) is 14.4 Å². The third-order valence-corrected chi connectivity index (χ3v) is 4.26. The Labute approximate surface area is 180 Å². The van der Waals surface area contributed by atoms with Gasteiger partial charge in [-0.1, -0.05) is 19.1 Å². The molecule has 0 saturated carbocycles. The summed E-state index contributed by atoms with van der Waals surface area (Å²) in [5.74, 6) is -0.591. The summed E-state index contributed by atoms with van der Waals surface area (Å²) in [5.41, 5.74) is 2.26. The second-order valence-electron chi connectivity index (χ2n) is 6.75. The fourth-order valence-electron chi connectivity index (χ4n) is 2.77. The van der Waals surface area contributed by atoms with Crippen molar-refractivity contribution in [1.82, 2.24) is 5.32 Å². The maximum atomic E-state index is 12.3. The number of anilines is 3.